The first-order chi connectivity index (χ1) is 8.19. The Hall–Kier alpha value is -1.82. The molecule has 1 amide bonds. The Morgan fingerprint density at radius 2 is 2.41 bits per heavy atom. The van der Waals surface area contributed by atoms with Crippen LogP contribution in [-0.2, 0) is 14.3 Å². The number of hydrogen-bond donors (Lipinski definition) is 3. The van der Waals surface area contributed by atoms with Crippen molar-refractivity contribution in [3.63, 3.8) is 0 Å². The van der Waals surface area contributed by atoms with Crippen LogP contribution in [0, 0.1) is 0 Å². The lowest BCUT2D eigenvalue weighted by atomic mass is 10.1. The Balaban J connectivity index is 1.75. The van der Waals surface area contributed by atoms with E-state index >= 15 is 0 Å². The molecule has 4 N–H and O–H groups in total. The summed E-state index contributed by atoms with van der Waals surface area (Å²) >= 11 is 0. The maximum absolute atomic E-state index is 11.2. The van der Waals surface area contributed by atoms with E-state index in [2.05, 4.69) is 10.6 Å². The van der Waals surface area contributed by atoms with E-state index in [1.807, 2.05) is 0 Å². The molecule has 6 nitrogen and oxygen atoms in total. The lowest BCUT2D eigenvalue weighted by molar-refractivity contribution is -0.119. The van der Waals surface area contributed by atoms with Gasteiger partial charge in [0, 0.05) is 13.0 Å². The first-order valence-corrected chi connectivity index (χ1v) is 5.53. The molecule has 6 heteroatoms. The van der Waals surface area contributed by atoms with Gasteiger partial charge in [0.05, 0.1) is 18.7 Å². The van der Waals surface area contributed by atoms with Gasteiger partial charge in [-0.1, -0.05) is 0 Å². The van der Waals surface area contributed by atoms with E-state index < -0.39 is 0 Å². The second-order valence-corrected chi connectivity index (χ2v) is 3.91. The van der Waals surface area contributed by atoms with E-state index in [4.69, 9.17) is 10.5 Å². The van der Waals surface area contributed by atoms with Gasteiger partial charge in [-0.3, -0.25) is 9.59 Å². The van der Waals surface area contributed by atoms with E-state index in [1.165, 1.54) is 6.08 Å². The average molecular weight is 237 g/mol. The van der Waals surface area contributed by atoms with Crippen LogP contribution in [-0.4, -0.2) is 31.0 Å². The third-order valence-electron chi connectivity index (χ3n) is 2.59. The molecular formula is C11H15N3O3. The van der Waals surface area contributed by atoms with Crippen LogP contribution in [0.15, 0.2) is 23.6 Å². The Labute approximate surface area is 98.9 Å². The number of allylic oxidation sites excluding steroid dienone is 3. The number of carbonyl (C=O) groups is 2. The van der Waals surface area contributed by atoms with Gasteiger partial charge < -0.3 is 21.1 Å². The van der Waals surface area contributed by atoms with Crippen molar-refractivity contribution in [2.45, 2.75) is 19.1 Å². The SMILES string of the molecule is NCC(=O)NCCC1NC2=C(CC(=O)C=C2)O1. The second kappa shape index (κ2) is 5.01. The lowest BCUT2D eigenvalue weighted by Crippen LogP contribution is -2.34. The number of rotatable bonds is 4. The smallest absolute Gasteiger partial charge is 0.233 e. The van der Waals surface area contributed by atoms with Gasteiger partial charge in [-0.05, 0) is 12.2 Å². The molecule has 2 aliphatic rings. The predicted octanol–water partition coefficient (Wildman–Crippen LogP) is -0.862. The van der Waals surface area contributed by atoms with E-state index in [-0.39, 0.29) is 24.5 Å². The van der Waals surface area contributed by atoms with Crippen LogP contribution in [0.25, 0.3) is 0 Å². The van der Waals surface area contributed by atoms with Crippen LogP contribution in [0.3, 0.4) is 0 Å². The van der Waals surface area contributed by atoms with Gasteiger partial charge in [0.2, 0.25) is 5.91 Å². The Morgan fingerprint density at radius 1 is 1.59 bits per heavy atom. The second-order valence-electron chi connectivity index (χ2n) is 3.91. The monoisotopic (exact) mass is 237 g/mol. The number of hydrogen-bond acceptors (Lipinski definition) is 5. The van der Waals surface area contributed by atoms with Crippen molar-refractivity contribution < 1.29 is 14.3 Å². The van der Waals surface area contributed by atoms with Crippen molar-refractivity contribution in [1.82, 2.24) is 10.6 Å². The third kappa shape index (κ3) is 2.85. The molecule has 17 heavy (non-hydrogen) atoms. The predicted molar refractivity (Wildman–Crippen MR) is 60.5 cm³/mol. The highest BCUT2D eigenvalue weighted by Crippen LogP contribution is 2.24. The number of ether oxygens (including phenoxy) is 1. The van der Waals surface area contributed by atoms with E-state index in [0.29, 0.717) is 25.1 Å². The highest BCUT2D eigenvalue weighted by molar-refractivity contribution is 5.93. The van der Waals surface area contributed by atoms with Gasteiger partial charge in [-0.2, -0.15) is 0 Å². The van der Waals surface area contributed by atoms with E-state index in [0.717, 1.165) is 5.70 Å². The molecule has 0 aromatic heterocycles. The molecule has 1 atom stereocenters. The van der Waals surface area contributed by atoms with Crippen molar-refractivity contribution in [2.75, 3.05) is 13.1 Å². The van der Waals surface area contributed by atoms with Gasteiger partial charge in [0.1, 0.15) is 5.76 Å². The third-order valence-corrected chi connectivity index (χ3v) is 2.59. The molecule has 0 radical (unpaired) electrons. The Morgan fingerprint density at radius 3 is 3.18 bits per heavy atom. The summed E-state index contributed by atoms with van der Waals surface area (Å²) in [4.78, 5) is 22.1. The minimum Gasteiger partial charge on any atom is -0.472 e. The average Bonchev–Trinajstić information content (AvgIpc) is 2.70. The zero-order valence-electron chi connectivity index (χ0n) is 9.36. The fraction of sp³-hybridized carbons (Fsp3) is 0.455. The zero-order valence-corrected chi connectivity index (χ0v) is 9.36. The molecule has 0 aromatic carbocycles. The largest absolute Gasteiger partial charge is 0.472 e. The number of ketones is 1. The molecule has 0 bridgehead atoms. The van der Waals surface area contributed by atoms with Crippen LogP contribution in [0.5, 0.6) is 0 Å². The molecule has 1 aliphatic heterocycles. The highest BCUT2D eigenvalue weighted by atomic mass is 16.5. The molecule has 1 aliphatic carbocycles. The van der Waals surface area contributed by atoms with Crippen molar-refractivity contribution in [2.24, 2.45) is 5.73 Å². The molecule has 92 valence electrons. The quantitative estimate of drug-likeness (QED) is 0.591. The molecule has 0 spiro atoms. The molecular weight excluding hydrogens is 222 g/mol. The van der Waals surface area contributed by atoms with Crippen LogP contribution < -0.4 is 16.4 Å². The minimum atomic E-state index is -0.186. The van der Waals surface area contributed by atoms with Gasteiger partial charge in [0.25, 0.3) is 0 Å². The topological polar surface area (TPSA) is 93.5 Å². The summed E-state index contributed by atoms with van der Waals surface area (Å²) in [5.74, 6) is 0.547. The van der Waals surface area contributed by atoms with Crippen molar-refractivity contribution >= 4 is 11.7 Å². The molecule has 0 saturated carbocycles. The Kier molecular flexibility index (Phi) is 3.43. The number of nitrogens with one attached hydrogen (secondary N) is 2. The fourth-order valence-electron chi connectivity index (χ4n) is 1.74. The van der Waals surface area contributed by atoms with Gasteiger partial charge in [-0.15, -0.1) is 0 Å². The van der Waals surface area contributed by atoms with Gasteiger partial charge in [-0.25, -0.2) is 0 Å². The fourth-order valence-corrected chi connectivity index (χ4v) is 1.74. The van der Waals surface area contributed by atoms with Crippen molar-refractivity contribution in [1.29, 1.82) is 0 Å². The summed E-state index contributed by atoms with van der Waals surface area (Å²) in [5, 5.41) is 5.80. The summed E-state index contributed by atoms with van der Waals surface area (Å²) in [5.41, 5.74) is 6.02. The standard InChI is InChI=1S/C11H15N3O3/c12-6-10(16)13-4-3-11-14-8-2-1-7(15)5-9(8)17-11/h1-2,11,14H,3-6,12H2,(H,13,16). The normalized spacial score (nSPS) is 21.9. The molecule has 1 heterocycles. The van der Waals surface area contributed by atoms with Crippen LogP contribution in [0.1, 0.15) is 12.8 Å². The van der Waals surface area contributed by atoms with E-state index in [1.54, 1.807) is 6.08 Å². The van der Waals surface area contributed by atoms with Crippen molar-refractivity contribution in [3.05, 3.63) is 23.6 Å². The van der Waals surface area contributed by atoms with Crippen LogP contribution in [0.2, 0.25) is 0 Å². The Bertz CT molecular complexity index is 401. The molecule has 0 fully saturated rings. The van der Waals surface area contributed by atoms with E-state index in [9.17, 15) is 9.59 Å². The minimum absolute atomic E-state index is 0.00899. The maximum atomic E-state index is 11.2. The highest BCUT2D eigenvalue weighted by Gasteiger charge is 2.26. The molecule has 0 aromatic rings. The summed E-state index contributed by atoms with van der Waals surface area (Å²) in [6.07, 6.45) is 4.01. The van der Waals surface area contributed by atoms with Crippen LogP contribution in [0.4, 0.5) is 0 Å². The summed E-state index contributed by atoms with van der Waals surface area (Å²) in [6, 6.07) is 0. The zero-order chi connectivity index (χ0) is 12.3. The molecule has 2 rings (SSSR count). The van der Waals surface area contributed by atoms with Crippen LogP contribution >= 0.6 is 0 Å². The van der Waals surface area contributed by atoms with Gasteiger partial charge >= 0.3 is 0 Å². The maximum Gasteiger partial charge on any atom is 0.233 e. The number of nitrogens with two attached hydrogens (primary N) is 1. The number of carbonyl (C=O) groups excluding carboxylic acids is 2. The number of amides is 1. The summed E-state index contributed by atoms with van der Waals surface area (Å²) in [7, 11) is 0. The lowest BCUT2D eigenvalue weighted by Gasteiger charge is -2.13. The molecule has 0 saturated heterocycles. The summed E-state index contributed by atoms with van der Waals surface area (Å²) < 4.78 is 5.57. The molecule has 1 unspecified atom stereocenters. The summed E-state index contributed by atoms with van der Waals surface area (Å²) in [6.45, 7) is 0.483. The van der Waals surface area contributed by atoms with Gasteiger partial charge in [0.15, 0.2) is 12.0 Å². The van der Waals surface area contributed by atoms with Crippen molar-refractivity contribution in [3.8, 4) is 0 Å². The first kappa shape index (κ1) is 11.7. The first-order valence-electron chi connectivity index (χ1n) is 5.53.